The summed E-state index contributed by atoms with van der Waals surface area (Å²) in [6, 6.07) is 0. The van der Waals surface area contributed by atoms with Crippen LogP contribution in [0.4, 0.5) is 0 Å². The Balaban J connectivity index is 2.12. The van der Waals surface area contributed by atoms with E-state index in [1.54, 1.807) is 0 Å². The molecular weight excluding hydrogens is 168 g/mol. The molecule has 1 nitrogen and oxygen atoms in total. The van der Waals surface area contributed by atoms with E-state index in [0.29, 0.717) is 17.3 Å². The fourth-order valence-electron chi connectivity index (χ4n) is 2.82. The number of rotatable bonds is 0. The van der Waals surface area contributed by atoms with Crippen molar-refractivity contribution in [3.05, 3.63) is 0 Å². The van der Waals surface area contributed by atoms with Crippen molar-refractivity contribution in [3.8, 4) is 0 Å². The lowest BCUT2D eigenvalue weighted by atomic mass is 9.67. The summed E-state index contributed by atoms with van der Waals surface area (Å²) in [7, 11) is 0. The van der Waals surface area contributed by atoms with Crippen molar-refractivity contribution in [3.63, 3.8) is 0 Å². The molecule has 1 aliphatic carbocycles. The minimum Gasteiger partial charge on any atom is -0.392 e. The zero-order chi connectivity index (χ0) is 8.77. The van der Waals surface area contributed by atoms with Crippen molar-refractivity contribution in [2.75, 3.05) is 11.5 Å². The predicted octanol–water partition coefficient (Wildman–Crippen LogP) is 2.15. The van der Waals surface area contributed by atoms with E-state index in [9.17, 15) is 5.11 Å². The molecule has 70 valence electrons. The van der Waals surface area contributed by atoms with Crippen LogP contribution in [0.25, 0.3) is 0 Å². The molecule has 0 aromatic heterocycles. The van der Waals surface area contributed by atoms with Crippen LogP contribution in [0.3, 0.4) is 0 Å². The van der Waals surface area contributed by atoms with Crippen molar-refractivity contribution in [2.45, 2.75) is 32.8 Å². The Labute approximate surface area is 78.9 Å². The summed E-state index contributed by atoms with van der Waals surface area (Å²) in [5, 5.41) is 9.91. The van der Waals surface area contributed by atoms with E-state index in [2.05, 4.69) is 13.8 Å². The standard InChI is InChI=1S/C10H18OS/c1-10(2)3-7-5-12-6-8(4-10)9(7)11/h7-9,11H,3-6H2,1-2H3. The van der Waals surface area contributed by atoms with Crippen molar-refractivity contribution < 1.29 is 5.11 Å². The van der Waals surface area contributed by atoms with Crippen molar-refractivity contribution >= 4 is 11.8 Å². The number of aliphatic hydroxyl groups excluding tert-OH is 1. The molecule has 2 bridgehead atoms. The molecule has 0 spiro atoms. The molecule has 0 aromatic carbocycles. The van der Waals surface area contributed by atoms with E-state index >= 15 is 0 Å². The lowest BCUT2D eigenvalue weighted by Crippen LogP contribution is -2.45. The van der Waals surface area contributed by atoms with Crippen LogP contribution in [0.1, 0.15) is 26.7 Å². The fraction of sp³-hybridized carbons (Fsp3) is 1.00. The van der Waals surface area contributed by atoms with Crippen molar-refractivity contribution in [2.24, 2.45) is 17.3 Å². The Morgan fingerprint density at radius 1 is 1.17 bits per heavy atom. The third kappa shape index (κ3) is 1.51. The number of thioether (sulfide) groups is 1. The minimum absolute atomic E-state index is 0.0132. The van der Waals surface area contributed by atoms with Gasteiger partial charge < -0.3 is 5.11 Å². The molecule has 0 aromatic rings. The molecule has 1 aliphatic heterocycles. The van der Waals surface area contributed by atoms with Crippen LogP contribution in [0.2, 0.25) is 0 Å². The third-order valence-corrected chi connectivity index (χ3v) is 4.59. The third-order valence-electron chi connectivity index (χ3n) is 3.26. The second-order valence-corrected chi connectivity index (χ2v) is 6.20. The minimum atomic E-state index is 0.0132. The van der Waals surface area contributed by atoms with Gasteiger partial charge in [0, 0.05) is 0 Å². The van der Waals surface area contributed by atoms with Crippen molar-refractivity contribution in [1.29, 1.82) is 0 Å². The molecule has 1 N–H and O–H groups in total. The highest BCUT2D eigenvalue weighted by Gasteiger charge is 2.42. The summed E-state index contributed by atoms with van der Waals surface area (Å²) in [4.78, 5) is 0. The summed E-state index contributed by atoms with van der Waals surface area (Å²) < 4.78 is 0. The van der Waals surface area contributed by atoms with Gasteiger partial charge in [0.15, 0.2) is 0 Å². The van der Waals surface area contributed by atoms with E-state index in [-0.39, 0.29) is 6.10 Å². The van der Waals surface area contributed by atoms with E-state index < -0.39 is 0 Å². The van der Waals surface area contributed by atoms with Gasteiger partial charge in [-0.15, -0.1) is 0 Å². The molecule has 2 fully saturated rings. The molecule has 0 radical (unpaired) electrons. The molecule has 1 saturated carbocycles. The Morgan fingerprint density at radius 3 is 2.17 bits per heavy atom. The monoisotopic (exact) mass is 186 g/mol. The highest BCUT2D eigenvalue weighted by molar-refractivity contribution is 7.99. The van der Waals surface area contributed by atoms with Crippen LogP contribution < -0.4 is 0 Å². The lowest BCUT2D eigenvalue weighted by molar-refractivity contribution is -0.0145. The first-order chi connectivity index (χ1) is 5.58. The van der Waals surface area contributed by atoms with Gasteiger partial charge in [0.2, 0.25) is 0 Å². The van der Waals surface area contributed by atoms with Gasteiger partial charge in [-0.25, -0.2) is 0 Å². The molecule has 2 atom stereocenters. The number of hydrogen-bond acceptors (Lipinski definition) is 2. The lowest BCUT2D eigenvalue weighted by Gasteiger charge is -2.46. The van der Waals surface area contributed by atoms with Gasteiger partial charge >= 0.3 is 0 Å². The largest absolute Gasteiger partial charge is 0.392 e. The van der Waals surface area contributed by atoms with E-state index in [0.717, 1.165) is 0 Å². The Kier molecular flexibility index (Phi) is 2.16. The highest BCUT2D eigenvalue weighted by atomic mass is 32.2. The first-order valence-corrected chi connectivity index (χ1v) is 6.00. The molecule has 2 unspecified atom stereocenters. The molecule has 1 saturated heterocycles. The Hall–Kier alpha value is 0.310. The quantitative estimate of drug-likeness (QED) is 0.625. The number of aliphatic hydroxyl groups is 1. The molecule has 2 aliphatic rings. The van der Waals surface area contributed by atoms with Crippen LogP contribution in [-0.2, 0) is 0 Å². The average Bonchev–Trinajstić information content (AvgIpc) is 1.92. The zero-order valence-corrected chi connectivity index (χ0v) is 8.73. The summed E-state index contributed by atoms with van der Waals surface area (Å²) in [6.07, 6.45) is 2.45. The van der Waals surface area contributed by atoms with Crippen LogP contribution in [0.15, 0.2) is 0 Å². The zero-order valence-electron chi connectivity index (χ0n) is 7.92. The van der Waals surface area contributed by atoms with Crippen molar-refractivity contribution in [1.82, 2.24) is 0 Å². The first-order valence-electron chi connectivity index (χ1n) is 4.84. The Bertz CT molecular complexity index is 163. The summed E-state index contributed by atoms with van der Waals surface area (Å²) in [5.41, 5.74) is 0.482. The van der Waals surface area contributed by atoms with Crippen LogP contribution in [0.5, 0.6) is 0 Å². The molecule has 12 heavy (non-hydrogen) atoms. The molecule has 0 amide bonds. The van der Waals surface area contributed by atoms with E-state index in [4.69, 9.17) is 0 Å². The molecule has 2 heteroatoms. The maximum absolute atomic E-state index is 9.91. The van der Waals surface area contributed by atoms with Gasteiger partial charge in [0.25, 0.3) is 0 Å². The summed E-state index contributed by atoms with van der Waals surface area (Å²) >= 11 is 2.03. The van der Waals surface area contributed by atoms with Gasteiger partial charge in [0.05, 0.1) is 6.10 Å². The second-order valence-electron chi connectivity index (χ2n) is 5.12. The summed E-state index contributed by atoms with van der Waals surface area (Å²) in [5.74, 6) is 3.53. The maximum atomic E-state index is 9.91. The molecular formula is C10H18OS. The summed E-state index contributed by atoms with van der Waals surface area (Å²) in [6.45, 7) is 4.68. The molecule has 1 heterocycles. The average molecular weight is 186 g/mol. The Morgan fingerprint density at radius 2 is 1.67 bits per heavy atom. The van der Waals surface area contributed by atoms with Crippen LogP contribution in [-0.4, -0.2) is 22.7 Å². The number of hydrogen-bond donors (Lipinski definition) is 1. The smallest absolute Gasteiger partial charge is 0.0612 e. The fourth-order valence-corrected chi connectivity index (χ4v) is 4.19. The first kappa shape index (κ1) is 8.89. The van der Waals surface area contributed by atoms with E-state index in [1.165, 1.54) is 24.3 Å². The van der Waals surface area contributed by atoms with Gasteiger partial charge in [0.1, 0.15) is 0 Å². The number of fused-ring (bicyclic) bond motifs is 2. The van der Waals surface area contributed by atoms with Crippen LogP contribution >= 0.6 is 11.8 Å². The second kappa shape index (κ2) is 2.91. The van der Waals surface area contributed by atoms with E-state index in [1.807, 2.05) is 11.8 Å². The van der Waals surface area contributed by atoms with Gasteiger partial charge in [-0.3, -0.25) is 0 Å². The van der Waals surface area contributed by atoms with Gasteiger partial charge in [-0.1, -0.05) is 13.8 Å². The highest BCUT2D eigenvalue weighted by Crippen LogP contribution is 2.47. The van der Waals surface area contributed by atoms with Gasteiger partial charge in [-0.2, -0.15) is 11.8 Å². The van der Waals surface area contributed by atoms with Gasteiger partial charge in [-0.05, 0) is 41.6 Å². The predicted molar refractivity (Wildman–Crippen MR) is 53.3 cm³/mol. The topological polar surface area (TPSA) is 20.2 Å². The normalized spacial score (nSPS) is 45.8. The SMILES string of the molecule is CC1(C)CC2CSCC(C1)C2O. The van der Waals surface area contributed by atoms with Crippen LogP contribution in [0, 0.1) is 17.3 Å². The molecule has 2 rings (SSSR count). The maximum Gasteiger partial charge on any atom is 0.0612 e.